The summed E-state index contributed by atoms with van der Waals surface area (Å²) in [5, 5.41) is 8.87. The second-order valence-corrected chi connectivity index (χ2v) is 30.9. The Labute approximate surface area is 308 Å². The van der Waals surface area contributed by atoms with Gasteiger partial charge in [0.1, 0.15) is 0 Å². The quantitative estimate of drug-likeness (QED) is 0.117. The van der Waals surface area contributed by atoms with Crippen molar-refractivity contribution in [3.05, 3.63) is 102 Å². The van der Waals surface area contributed by atoms with Gasteiger partial charge in [-0.25, -0.2) is 0 Å². The predicted octanol–water partition coefficient (Wildman–Crippen LogP) is 10.5. The molecule has 0 fully saturated rings. The summed E-state index contributed by atoms with van der Waals surface area (Å²) in [7, 11) is 7.81. The van der Waals surface area contributed by atoms with Crippen molar-refractivity contribution in [3.63, 3.8) is 0 Å². The first-order valence-electron chi connectivity index (χ1n) is 16.8. The van der Waals surface area contributed by atoms with E-state index in [0.29, 0.717) is 0 Å². The van der Waals surface area contributed by atoms with E-state index in [1.165, 1.54) is 73.8 Å². The monoisotopic (exact) mass is 786 g/mol. The van der Waals surface area contributed by atoms with Gasteiger partial charge in [-0.1, -0.05) is 155 Å². The van der Waals surface area contributed by atoms with E-state index in [4.69, 9.17) is 17.0 Å². The fourth-order valence-electron chi connectivity index (χ4n) is 6.17. The molecule has 244 valence electrons. The molecule has 0 aromatic heterocycles. The Morgan fingerprint density at radius 1 is 0.809 bits per heavy atom. The normalized spacial score (nSPS) is 12.3. The van der Waals surface area contributed by atoms with Gasteiger partial charge in [0.25, 0.3) is 0 Å². The maximum atomic E-state index is 4.93. The van der Waals surface area contributed by atoms with Gasteiger partial charge in [0.15, 0.2) is 0 Å². The number of unbranched alkanes of at least 4 members (excludes halogenated alkanes) is 1. The fourth-order valence-corrected chi connectivity index (χ4v) is 9.98. The molecule has 47 heavy (non-hydrogen) atoms. The van der Waals surface area contributed by atoms with E-state index in [-0.39, 0.29) is 5.41 Å². The summed E-state index contributed by atoms with van der Waals surface area (Å²) >= 11 is -0.826. The van der Waals surface area contributed by atoms with Gasteiger partial charge in [-0.3, -0.25) is 0 Å². The van der Waals surface area contributed by atoms with Crippen molar-refractivity contribution in [2.24, 2.45) is 0 Å². The van der Waals surface area contributed by atoms with E-state index in [9.17, 15) is 0 Å². The van der Waals surface area contributed by atoms with Gasteiger partial charge >= 0.3 is 37.9 Å². The number of rotatable bonds is 6. The molecule has 0 atom stereocenters. The first-order chi connectivity index (χ1) is 22.1. The van der Waals surface area contributed by atoms with Crippen LogP contribution in [0.4, 0.5) is 0 Å². The number of hydrogen-bond acceptors (Lipinski definition) is 0. The second kappa shape index (κ2) is 16.1. The molecule has 0 spiro atoms. The largest absolute Gasteiger partial charge is 0.184 e. The Balaban J connectivity index is 0.000000255. The Kier molecular flexibility index (Phi) is 13.1. The molecule has 1 heterocycles. The molecule has 0 unspecified atom stereocenters. The van der Waals surface area contributed by atoms with Crippen LogP contribution in [0.25, 0.3) is 33.0 Å². The molecule has 0 nitrogen and oxygen atoms in total. The molecule has 0 N–H and O–H groups in total. The molecule has 0 saturated carbocycles. The molecule has 0 saturated heterocycles. The minimum Gasteiger partial charge on any atom is -0.184 e. The molecule has 5 aromatic rings. The molecule has 0 bridgehead atoms. The number of fused-ring (bicyclic) bond motifs is 4. The van der Waals surface area contributed by atoms with Gasteiger partial charge in [-0.05, 0) is 17.4 Å². The van der Waals surface area contributed by atoms with Crippen LogP contribution in [0.15, 0.2) is 84.9 Å². The minimum atomic E-state index is -1.43. The van der Waals surface area contributed by atoms with Gasteiger partial charge in [-0.15, -0.1) is 40.1 Å². The van der Waals surface area contributed by atoms with Crippen molar-refractivity contribution in [1.82, 2.24) is 0 Å². The molecular weight excluding hydrogens is 739 g/mol. The third-order valence-electron chi connectivity index (χ3n) is 8.86. The van der Waals surface area contributed by atoms with Crippen LogP contribution in [-0.4, -0.2) is 25.7 Å². The fraction of sp³-hybridized carbons (Fsp3) is 0.341. The minimum absolute atomic E-state index is 0.110. The first kappa shape index (κ1) is 38.4. The molecule has 6 rings (SSSR count). The van der Waals surface area contributed by atoms with E-state index in [0.717, 1.165) is 9.52 Å². The van der Waals surface area contributed by atoms with Crippen molar-refractivity contribution in [1.29, 1.82) is 0 Å². The third kappa shape index (κ3) is 9.65. The summed E-state index contributed by atoms with van der Waals surface area (Å²) in [4.78, 5) is 0. The Morgan fingerprint density at radius 2 is 1.43 bits per heavy atom. The maximum Gasteiger partial charge on any atom is 0.0920 e. The Hall–Kier alpha value is -1.40. The van der Waals surface area contributed by atoms with Crippen molar-refractivity contribution in [3.8, 4) is 22.3 Å². The van der Waals surface area contributed by atoms with E-state index < -0.39 is 37.0 Å². The van der Waals surface area contributed by atoms with E-state index in [1.807, 2.05) is 6.07 Å². The summed E-state index contributed by atoms with van der Waals surface area (Å²) in [5.41, 5.74) is 8.77. The van der Waals surface area contributed by atoms with Crippen LogP contribution >= 0.6 is 17.0 Å². The SMILES string of the molecule is CCCCc1cc2c(-c3cc([Si](C)(C)C)cc([Si](C)(C)C)c3)c(C(C)(C)C)ccc2[cH-]1.[Cl][Zr+2][Cl].[c-]1cccc2c1[Si]c1ccccc1-2. The van der Waals surface area contributed by atoms with Gasteiger partial charge < -0.3 is 0 Å². The zero-order chi connectivity index (χ0) is 34.6. The van der Waals surface area contributed by atoms with Crippen LogP contribution in [0, 0.1) is 6.07 Å². The molecule has 0 aliphatic carbocycles. The van der Waals surface area contributed by atoms with Crippen LogP contribution in [0.2, 0.25) is 39.3 Å². The van der Waals surface area contributed by atoms with E-state index in [1.54, 1.807) is 10.4 Å². The Bertz CT molecular complexity index is 1730. The van der Waals surface area contributed by atoms with Crippen LogP contribution in [0.3, 0.4) is 0 Å². The summed E-state index contributed by atoms with van der Waals surface area (Å²) in [5.74, 6) is 0. The molecule has 1 aliphatic heterocycles. The molecule has 0 amide bonds. The van der Waals surface area contributed by atoms with Crippen LogP contribution < -0.4 is 20.7 Å². The zero-order valence-electron chi connectivity index (χ0n) is 30.0. The first-order valence-corrected chi connectivity index (χ1v) is 31.1. The average Bonchev–Trinajstić information content (AvgIpc) is 3.60. The summed E-state index contributed by atoms with van der Waals surface area (Å²) in [6, 6.07) is 35.5. The second-order valence-electron chi connectivity index (χ2n) is 15.7. The summed E-state index contributed by atoms with van der Waals surface area (Å²) < 4.78 is 0. The third-order valence-corrected chi connectivity index (χ3v) is 14.3. The smallest absolute Gasteiger partial charge is 0.0920 e. The molecule has 2 radical (unpaired) electrons. The number of halogens is 2. The van der Waals surface area contributed by atoms with Crippen LogP contribution in [0.1, 0.15) is 51.7 Å². The summed E-state index contributed by atoms with van der Waals surface area (Å²) in [6.07, 6.45) is 3.70. The van der Waals surface area contributed by atoms with Crippen molar-refractivity contribution in [2.45, 2.75) is 91.7 Å². The van der Waals surface area contributed by atoms with Gasteiger partial charge in [0.2, 0.25) is 0 Å². The van der Waals surface area contributed by atoms with E-state index in [2.05, 4.69) is 152 Å². The molecule has 1 aliphatic rings. The summed E-state index contributed by atoms with van der Waals surface area (Å²) in [6.45, 7) is 24.3. The number of hydrogen-bond donors (Lipinski definition) is 0. The van der Waals surface area contributed by atoms with Crippen molar-refractivity contribution in [2.75, 3.05) is 0 Å². The number of benzene rings is 4. The van der Waals surface area contributed by atoms with Crippen LogP contribution in [0.5, 0.6) is 0 Å². The standard InChI is InChI=1S/C29H43Si2.C12H7Si.2ClH.Zr/c1-11-12-13-21-16-22-14-15-27(29(2,3)4)28(26(22)17-21)23-18-24(30(5,6)7)20-25(19-23)31(8,9)10;1-3-7-11-9(5-1)10-6-2-4-8-12(10)13-11;;;/h14-20H,11-13H2,1-10H3;1-7H;2*1H;/q2*-1;;;+4/p-2. The maximum absolute atomic E-state index is 4.93. The Morgan fingerprint density at radius 3 is 2.02 bits per heavy atom. The average molecular weight is 789 g/mol. The molecular formula is C41H50Cl2Si3Zr. The predicted molar refractivity (Wildman–Crippen MR) is 216 cm³/mol. The van der Waals surface area contributed by atoms with Crippen molar-refractivity contribution < 1.29 is 20.8 Å². The van der Waals surface area contributed by atoms with E-state index >= 15 is 0 Å². The van der Waals surface area contributed by atoms with Gasteiger partial charge in [-0.2, -0.15) is 35.5 Å². The molecule has 6 heteroatoms. The van der Waals surface area contributed by atoms with Gasteiger partial charge in [0.05, 0.1) is 25.7 Å². The topological polar surface area (TPSA) is 0 Å². The molecule has 5 aromatic carbocycles. The number of aryl methyl sites for hydroxylation is 1. The zero-order valence-corrected chi connectivity index (χ0v) is 36.9. The van der Waals surface area contributed by atoms with Crippen molar-refractivity contribution >= 4 is 74.2 Å². The van der Waals surface area contributed by atoms with Gasteiger partial charge in [0, 0.05) is 0 Å². The van der Waals surface area contributed by atoms with Crippen LogP contribution in [-0.2, 0) is 32.7 Å².